The molecule has 6 heteroatoms. The summed E-state index contributed by atoms with van der Waals surface area (Å²) < 4.78 is 21.4. The quantitative estimate of drug-likeness (QED) is 0.366. The summed E-state index contributed by atoms with van der Waals surface area (Å²) in [6, 6.07) is 10.2. The molecule has 0 saturated carbocycles. The van der Waals surface area contributed by atoms with Gasteiger partial charge in [-0.25, -0.2) is 4.79 Å². The van der Waals surface area contributed by atoms with Crippen LogP contribution < -0.4 is 19.8 Å². The van der Waals surface area contributed by atoms with Gasteiger partial charge in [0.2, 0.25) is 0 Å². The van der Waals surface area contributed by atoms with Gasteiger partial charge in [0.15, 0.2) is 0 Å². The maximum Gasteiger partial charge on any atom is 0.336 e. The zero-order valence-electron chi connectivity index (χ0n) is 16.3. The molecule has 1 aromatic heterocycles. The van der Waals surface area contributed by atoms with Crippen molar-refractivity contribution in [1.82, 2.24) is 0 Å². The first kappa shape index (κ1) is 19.5. The second kappa shape index (κ2) is 8.17. The third-order valence-electron chi connectivity index (χ3n) is 4.57. The molecule has 0 radical (unpaired) electrons. The van der Waals surface area contributed by atoms with Crippen molar-refractivity contribution in [2.75, 3.05) is 14.2 Å². The Morgan fingerprint density at radius 3 is 2.46 bits per heavy atom. The van der Waals surface area contributed by atoms with Crippen LogP contribution in [-0.4, -0.2) is 20.2 Å². The van der Waals surface area contributed by atoms with E-state index in [9.17, 15) is 9.59 Å². The first-order chi connectivity index (χ1) is 13.4. The summed E-state index contributed by atoms with van der Waals surface area (Å²) >= 11 is 0. The van der Waals surface area contributed by atoms with Crippen LogP contribution in [0, 0.1) is 6.92 Å². The smallest absolute Gasteiger partial charge is 0.336 e. The third kappa shape index (κ3) is 4.01. The number of hydrogen-bond donors (Lipinski definition) is 0. The zero-order valence-corrected chi connectivity index (χ0v) is 16.3. The summed E-state index contributed by atoms with van der Waals surface area (Å²) in [4.78, 5) is 24.2. The van der Waals surface area contributed by atoms with Crippen molar-refractivity contribution in [1.29, 1.82) is 0 Å². The molecule has 0 unspecified atom stereocenters. The molecule has 0 amide bonds. The standard InChI is InChI=1S/C22H22O6/c1-5-14-9-17-13(2)8-21(23)28-20(17)12-19(14)27-22(24)10-15-6-7-16(25-3)11-18(15)26-4/h6-9,11-12H,5,10H2,1-4H3. The summed E-state index contributed by atoms with van der Waals surface area (Å²) in [6.45, 7) is 3.82. The minimum absolute atomic E-state index is 0.0339. The molecule has 0 saturated heterocycles. The highest BCUT2D eigenvalue weighted by atomic mass is 16.5. The second-order valence-corrected chi connectivity index (χ2v) is 6.39. The molecule has 3 aromatic rings. The molecule has 0 spiro atoms. The van der Waals surface area contributed by atoms with Crippen LogP contribution in [0.5, 0.6) is 17.2 Å². The minimum atomic E-state index is -0.437. The van der Waals surface area contributed by atoms with Crippen molar-refractivity contribution >= 4 is 16.9 Å². The Balaban J connectivity index is 1.89. The lowest BCUT2D eigenvalue weighted by Gasteiger charge is -2.13. The largest absolute Gasteiger partial charge is 0.497 e. The Hall–Kier alpha value is -3.28. The van der Waals surface area contributed by atoms with Crippen LogP contribution in [0.1, 0.15) is 23.6 Å². The molecule has 0 aliphatic carbocycles. The summed E-state index contributed by atoms with van der Waals surface area (Å²) in [6.07, 6.45) is 0.703. The molecular formula is C22H22O6. The lowest BCUT2D eigenvalue weighted by atomic mass is 10.1. The average Bonchev–Trinajstić information content (AvgIpc) is 2.67. The normalized spacial score (nSPS) is 10.7. The van der Waals surface area contributed by atoms with Gasteiger partial charge in [-0.05, 0) is 36.6 Å². The van der Waals surface area contributed by atoms with E-state index in [-0.39, 0.29) is 6.42 Å². The molecule has 3 rings (SSSR count). The molecule has 0 aliphatic rings. The monoisotopic (exact) mass is 382 g/mol. The number of ether oxygens (including phenoxy) is 3. The van der Waals surface area contributed by atoms with E-state index in [0.29, 0.717) is 34.8 Å². The van der Waals surface area contributed by atoms with Gasteiger partial charge in [0.05, 0.1) is 20.6 Å². The maximum absolute atomic E-state index is 12.5. The average molecular weight is 382 g/mol. The number of carbonyl (C=O) groups is 1. The van der Waals surface area contributed by atoms with Crippen molar-refractivity contribution < 1.29 is 23.4 Å². The summed E-state index contributed by atoms with van der Waals surface area (Å²) in [7, 11) is 3.10. The molecular weight excluding hydrogens is 360 g/mol. The lowest BCUT2D eigenvalue weighted by Crippen LogP contribution is -2.13. The van der Waals surface area contributed by atoms with Gasteiger partial charge in [-0.2, -0.15) is 0 Å². The van der Waals surface area contributed by atoms with Crippen LogP contribution in [-0.2, 0) is 17.6 Å². The van der Waals surface area contributed by atoms with Crippen LogP contribution in [0.25, 0.3) is 11.0 Å². The minimum Gasteiger partial charge on any atom is -0.497 e. The van der Waals surface area contributed by atoms with Crippen LogP contribution in [0.4, 0.5) is 0 Å². The second-order valence-electron chi connectivity index (χ2n) is 6.39. The Bertz CT molecular complexity index is 1080. The molecule has 0 atom stereocenters. The van der Waals surface area contributed by atoms with E-state index in [1.807, 2.05) is 19.9 Å². The van der Waals surface area contributed by atoms with Crippen molar-refractivity contribution in [3.8, 4) is 17.2 Å². The maximum atomic E-state index is 12.5. The zero-order chi connectivity index (χ0) is 20.3. The highest BCUT2D eigenvalue weighted by Crippen LogP contribution is 2.29. The van der Waals surface area contributed by atoms with Gasteiger partial charge in [-0.1, -0.05) is 13.0 Å². The summed E-state index contributed by atoms with van der Waals surface area (Å²) in [5, 5.41) is 0.827. The Morgan fingerprint density at radius 2 is 1.79 bits per heavy atom. The van der Waals surface area contributed by atoms with E-state index in [2.05, 4.69) is 0 Å². The Labute approximate surface area is 162 Å². The number of rotatable bonds is 6. The van der Waals surface area contributed by atoms with Gasteiger partial charge >= 0.3 is 11.6 Å². The van der Waals surface area contributed by atoms with Crippen molar-refractivity contribution in [2.24, 2.45) is 0 Å². The van der Waals surface area contributed by atoms with Crippen molar-refractivity contribution in [2.45, 2.75) is 26.7 Å². The number of hydrogen-bond acceptors (Lipinski definition) is 6. The number of esters is 1. The van der Waals surface area contributed by atoms with E-state index in [1.165, 1.54) is 13.2 Å². The van der Waals surface area contributed by atoms with Gasteiger partial charge < -0.3 is 18.6 Å². The van der Waals surface area contributed by atoms with E-state index in [4.69, 9.17) is 18.6 Å². The fourth-order valence-corrected chi connectivity index (χ4v) is 3.07. The molecule has 1 heterocycles. The molecule has 6 nitrogen and oxygen atoms in total. The number of methoxy groups -OCH3 is 2. The van der Waals surface area contributed by atoms with Gasteiger partial charge in [0, 0.05) is 29.1 Å². The molecule has 0 N–H and O–H groups in total. The van der Waals surface area contributed by atoms with E-state index in [1.54, 1.807) is 31.4 Å². The first-order valence-electron chi connectivity index (χ1n) is 8.94. The van der Waals surface area contributed by atoms with E-state index in [0.717, 1.165) is 16.5 Å². The number of carbonyl (C=O) groups excluding carboxylic acids is 1. The molecule has 28 heavy (non-hydrogen) atoms. The lowest BCUT2D eigenvalue weighted by molar-refractivity contribution is -0.133. The topological polar surface area (TPSA) is 75.0 Å². The van der Waals surface area contributed by atoms with Crippen LogP contribution in [0.15, 0.2) is 45.6 Å². The van der Waals surface area contributed by atoms with Gasteiger partial charge in [-0.3, -0.25) is 4.79 Å². The Kier molecular flexibility index (Phi) is 5.68. The fraction of sp³-hybridized carbons (Fsp3) is 0.273. The molecule has 0 fully saturated rings. The Morgan fingerprint density at radius 1 is 1.00 bits per heavy atom. The van der Waals surface area contributed by atoms with Crippen molar-refractivity contribution in [3.05, 3.63) is 63.5 Å². The van der Waals surface area contributed by atoms with Crippen LogP contribution in [0.3, 0.4) is 0 Å². The first-order valence-corrected chi connectivity index (χ1v) is 8.94. The van der Waals surface area contributed by atoms with Gasteiger partial charge in [0.25, 0.3) is 0 Å². The van der Waals surface area contributed by atoms with Gasteiger partial charge in [-0.15, -0.1) is 0 Å². The third-order valence-corrected chi connectivity index (χ3v) is 4.57. The summed E-state index contributed by atoms with van der Waals surface area (Å²) in [5.41, 5.74) is 2.33. The number of fused-ring (bicyclic) bond motifs is 1. The number of aryl methyl sites for hydroxylation is 2. The van der Waals surface area contributed by atoms with Crippen LogP contribution >= 0.6 is 0 Å². The molecule has 2 aromatic carbocycles. The summed E-state index contributed by atoms with van der Waals surface area (Å²) in [5.74, 6) is 1.14. The van der Waals surface area contributed by atoms with Crippen molar-refractivity contribution in [3.63, 3.8) is 0 Å². The van der Waals surface area contributed by atoms with Crippen LogP contribution in [0.2, 0.25) is 0 Å². The highest BCUT2D eigenvalue weighted by Gasteiger charge is 2.15. The fourth-order valence-electron chi connectivity index (χ4n) is 3.07. The molecule has 0 aliphatic heterocycles. The molecule has 0 bridgehead atoms. The SMILES string of the molecule is CCc1cc2c(C)cc(=O)oc2cc1OC(=O)Cc1ccc(OC)cc1OC. The predicted molar refractivity (Wildman–Crippen MR) is 105 cm³/mol. The van der Waals surface area contributed by atoms with E-state index >= 15 is 0 Å². The predicted octanol–water partition coefficient (Wildman–Crippen LogP) is 3.83. The van der Waals surface area contributed by atoms with Gasteiger partial charge in [0.1, 0.15) is 22.8 Å². The highest BCUT2D eigenvalue weighted by molar-refractivity contribution is 5.84. The number of benzene rings is 2. The molecule has 146 valence electrons. The van der Waals surface area contributed by atoms with E-state index < -0.39 is 11.6 Å².